The van der Waals surface area contributed by atoms with Crippen LogP contribution >= 0.6 is 11.6 Å². The highest BCUT2D eigenvalue weighted by atomic mass is 35.5. The Labute approximate surface area is 82.7 Å². The van der Waals surface area contributed by atoms with E-state index in [0.717, 1.165) is 12.8 Å². The highest BCUT2D eigenvalue weighted by Gasteiger charge is 2.41. The zero-order valence-corrected chi connectivity index (χ0v) is 10.1. The summed E-state index contributed by atoms with van der Waals surface area (Å²) in [5.74, 6) is 0.578. The third-order valence-corrected chi connectivity index (χ3v) is 4.63. The minimum absolute atomic E-state index is 0.0729. The molecule has 0 aliphatic carbocycles. The van der Waals surface area contributed by atoms with Crippen molar-refractivity contribution >= 4 is 11.6 Å². The molecule has 0 rings (SSSR count). The van der Waals surface area contributed by atoms with Gasteiger partial charge in [-0.05, 0) is 24.7 Å². The van der Waals surface area contributed by atoms with Crippen LogP contribution in [0, 0.1) is 11.3 Å². The lowest BCUT2D eigenvalue weighted by Crippen LogP contribution is -2.41. The van der Waals surface area contributed by atoms with Crippen molar-refractivity contribution in [2.75, 3.05) is 0 Å². The van der Waals surface area contributed by atoms with Crippen molar-refractivity contribution in [1.29, 1.82) is 0 Å². The molecule has 12 heavy (non-hydrogen) atoms. The van der Waals surface area contributed by atoms with E-state index < -0.39 is 0 Å². The third-order valence-electron chi connectivity index (χ3n) is 3.75. The highest BCUT2D eigenvalue weighted by molar-refractivity contribution is 6.24. The van der Waals surface area contributed by atoms with Crippen LogP contribution in [0.2, 0.25) is 0 Å². The molecule has 2 unspecified atom stereocenters. The molecule has 0 aromatic carbocycles. The first-order chi connectivity index (χ1) is 5.29. The monoisotopic (exact) mass is 190 g/mol. The van der Waals surface area contributed by atoms with Gasteiger partial charge in [-0.1, -0.05) is 41.0 Å². The third kappa shape index (κ3) is 2.16. The number of hydrogen-bond donors (Lipinski definition) is 0. The van der Waals surface area contributed by atoms with Crippen LogP contribution < -0.4 is 0 Å². The molecule has 0 aromatic heterocycles. The molecule has 0 N–H and O–H groups in total. The largest absolute Gasteiger partial charge is 0.119 e. The Bertz CT molecular complexity index is 136. The maximum absolute atomic E-state index is 6.58. The van der Waals surface area contributed by atoms with Gasteiger partial charge in [0.05, 0.1) is 0 Å². The number of halogens is 1. The van der Waals surface area contributed by atoms with E-state index >= 15 is 0 Å². The van der Waals surface area contributed by atoms with Crippen molar-refractivity contribution in [3.8, 4) is 0 Å². The normalized spacial score (nSPS) is 20.2. The Morgan fingerprint density at radius 1 is 1.17 bits per heavy atom. The van der Waals surface area contributed by atoms with Gasteiger partial charge in [-0.15, -0.1) is 11.6 Å². The van der Waals surface area contributed by atoms with Crippen LogP contribution in [0.3, 0.4) is 0 Å². The van der Waals surface area contributed by atoms with E-state index in [0.29, 0.717) is 5.92 Å². The molecule has 0 bridgehead atoms. The molecule has 0 saturated heterocycles. The van der Waals surface area contributed by atoms with Gasteiger partial charge in [0.2, 0.25) is 0 Å². The van der Waals surface area contributed by atoms with Crippen LogP contribution in [0.4, 0.5) is 0 Å². The molecule has 0 fully saturated rings. The maximum Gasteiger partial charge on any atom is 0.0494 e. The van der Waals surface area contributed by atoms with Gasteiger partial charge in [-0.2, -0.15) is 0 Å². The fourth-order valence-electron chi connectivity index (χ4n) is 1.40. The van der Waals surface area contributed by atoms with Crippen LogP contribution in [0.15, 0.2) is 0 Å². The smallest absolute Gasteiger partial charge is 0.0494 e. The van der Waals surface area contributed by atoms with E-state index in [2.05, 4.69) is 41.5 Å². The van der Waals surface area contributed by atoms with Gasteiger partial charge in [0.25, 0.3) is 0 Å². The quantitative estimate of drug-likeness (QED) is 0.574. The van der Waals surface area contributed by atoms with E-state index in [4.69, 9.17) is 11.6 Å². The number of alkyl halides is 1. The molecule has 0 amide bonds. The molecule has 0 heterocycles. The first kappa shape index (κ1) is 12.3. The topological polar surface area (TPSA) is 0 Å². The lowest BCUT2D eigenvalue weighted by atomic mass is 9.70. The molecule has 2 atom stereocenters. The lowest BCUT2D eigenvalue weighted by Gasteiger charge is -2.43. The van der Waals surface area contributed by atoms with E-state index in [1.54, 1.807) is 0 Å². The summed E-state index contributed by atoms with van der Waals surface area (Å²) in [6, 6.07) is 0. The van der Waals surface area contributed by atoms with Gasteiger partial charge >= 0.3 is 0 Å². The molecule has 0 saturated carbocycles. The van der Waals surface area contributed by atoms with Crippen molar-refractivity contribution < 1.29 is 0 Å². The Kier molecular flexibility index (Phi) is 4.10. The highest BCUT2D eigenvalue weighted by Crippen LogP contribution is 2.45. The van der Waals surface area contributed by atoms with E-state index in [1.807, 2.05) is 0 Å². The summed E-state index contributed by atoms with van der Waals surface area (Å²) in [4.78, 5) is -0.0729. The molecule has 0 radical (unpaired) electrons. The van der Waals surface area contributed by atoms with Crippen molar-refractivity contribution in [2.45, 2.75) is 59.3 Å². The fraction of sp³-hybridized carbons (Fsp3) is 1.00. The average molecular weight is 191 g/mol. The molecule has 0 aliphatic rings. The zero-order valence-electron chi connectivity index (χ0n) is 9.37. The van der Waals surface area contributed by atoms with Gasteiger partial charge in [-0.3, -0.25) is 0 Å². The first-order valence-electron chi connectivity index (χ1n) is 4.98. The minimum Gasteiger partial charge on any atom is -0.119 e. The second-order valence-electron chi connectivity index (χ2n) is 4.62. The second-order valence-corrected chi connectivity index (χ2v) is 5.41. The number of rotatable bonds is 4. The standard InChI is InChI=1S/C11H23Cl/c1-7-9(3)11(6,12)10(4,5)8-2/h9H,7-8H2,1-6H3. The van der Waals surface area contributed by atoms with Crippen LogP contribution in [0.5, 0.6) is 0 Å². The summed E-state index contributed by atoms with van der Waals surface area (Å²) in [5, 5.41) is 0. The lowest BCUT2D eigenvalue weighted by molar-refractivity contribution is 0.184. The van der Waals surface area contributed by atoms with Gasteiger partial charge in [-0.25, -0.2) is 0 Å². The molecule has 0 nitrogen and oxygen atoms in total. The number of hydrogen-bond acceptors (Lipinski definition) is 0. The van der Waals surface area contributed by atoms with Crippen LogP contribution in [-0.2, 0) is 0 Å². The van der Waals surface area contributed by atoms with E-state index in [1.165, 1.54) is 0 Å². The molecule has 0 spiro atoms. The SMILES string of the molecule is CCC(C)C(C)(Cl)C(C)(C)CC. The van der Waals surface area contributed by atoms with Gasteiger partial charge in [0, 0.05) is 4.87 Å². The molecule has 74 valence electrons. The van der Waals surface area contributed by atoms with Crippen molar-refractivity contribution in [1.82, 2.24) is 0 Å². The van der Waals surface area contributed by atoms with Crippen LogP contribution in [0.25, 0.3) is 0 Å². The Morgan fingerprint density at radius 3 is 1.83 bits per heavy atom. The van der Waals surface area contributed by atoms with Crippen LogP contribution in [0.1, 0.15) is 54.4 Å². The van der Waals surface area contributed by atoms with Gasteiger partial charge in [0.15, 0.2) is 0 Å². The average Bonchev–Trinajstić information content (AvgIpc) is 2.02. The second kappa shape index (κ2) is 4.00. The van der Waals surface area contributed by atoms with Crippen LogP contribution in [-0.4, -0.2) is 4.87 Å². The molecular weight excluding hydrogens is 168 g/mol. The Hall–Kier alpha value is 0.290. The summed E-state index contributed by atoms with van der Waals surface area (Å²) in [5.41, 5.74) is 0.226. The zero-order chi connectivity index (χ0) is 9.99. The van der Waals surface area contributed by atoms with E-state index in [9.17, 15) is 0 Å². The van der Waals surface area contributed by atoms with Gasteiger partial charge in [0.1, 0.15) is 0 Å². The molecular formula is C11H23Cl. The Balaban J connectivity index is 4.58. The van der Waals surface area contributed by atoms with Crippen molar-refractivity contribution in [3.05, 3.63) is 0 Å². The summed E-state index contributed by atoms with van der Waals surface area (Å²) in [6.07, 6.45) is 2.29. The fourth-order valence-corrected chi connectivity index (χ4v) is 1.68. The van der Waals surface area contributed by atoms with Crippen molar-refractivity contribution in [3.63, 3.8) is 0 Å². The predicted octanol–water partition coefficient (Wildman–Crippen LogP) is 4.47. The first-order valence-corrected chi connectivity index (χ1v) is 5.36. The summed E-state index contributed by atoms with van der Waals surface area (Å²) >= 11 is 6.58. The Morgan fingerprint density at radius 2 is 1.58 bits per heavy atom. The molecule has 0 aliphatic heterocycles. The summed E-state index contributed by atoms with van der Waals surface area (Å²) < 4.78 is 0. The summed E-state index contributed by atoms with van der Waals surface area (Å²) in [6.45, 7) is 13.3. The predicted molar refractivity (Wildman–Crippen MR) is 57.8 cm³/mol. The molecule has 1 heteroatoms. The molecule has 0 aromatic rings. The summed E-state index contributed by atoms with van der Waals surface area (Å²) in [7, 11) is 0. The maximum atomic E-state index is 6.58. The van der Waals surface area contributed by atoms with Gasteiger partial charge < -0.3 is 0 Å². The van der Waals surface area contributed by atoms with Crippen molar-refractivity contribution in [2.24, 2.45) is 11.3 Å². The minimum atomic E-state index is -0.0729. The van der Waals surface area contributed by atoms with E-state index in [-0.39, 0.29) is 10.3 Å².